The van der Waals surface area contributed by atoms with E-state index in [1.165, 1.54) is 36.5 Å². The van der Waals surface area contributed by atoms with E-state index >= 15 is 0 Å². The van der Waals surface area contributed by atoms with Gasteiger partial charge in [0.1, 0.15) is 0 Å². The lowest BCUT2D eigenvalue weighted by Crippen LogP contribution is -2.44. The number of aryl methyl sites for hydroxylation is 1. The molecule has 0 atom stereocenters. The molecule has 1 aliphatic heterocycles. The van der Waals surface area contributed by atoms with Crippen molar-refractivity contribution in [3.63, 3.8) is 0 Å². The molecule has 2 nitrogen and oxygen atoms in total. The zero-order chi connectivity index (χ0) is 13.3. The first-order valence-electron chi connectivity index (χ1n) is 7.21. The maximum absolute atomic E-state index is 11.6. The van der Waals surface area contributed by atoms with Gasteiger partial charge in [0, 0.05) is 13.1 Å². The van der Waals surface area contributed by atoms with Crippen LogP contribution in [0.15, 0.2) is 36.9 Å². The lowest BCUT2D eigenvalue weighted by Gasteiger charge is -2.44. The predicted octanol–water partition coefficient (Wildman–Crippen LogP) is 2.97. The third kappa shape index (κ3) is 2.32. The molecule has 1 aromatic rings. The Morgan fingerprint density at radius 1 is 1.16 bits per heavy atom. The van der Waals surface area contributed by atoms with Crippen molar-refractivity contribution in [3.05, 3.63) is 48.0 Å². The van der Waals surface area contributed by atoms with E-state index in [-0.39, 0.29) is 5.91 Å². The SMILES string of the molecule is C=CC(=O)N1CCC2(CCc3ccccc3C2)CC1. The summed E-state index contributed by atoms with van der Waals surface area (Å²) in [6, 6.07) is 8.83. The van der Waals surface area contributed by atoms with E-state index in [0.717, 1.165) is 25.9 Å². The van der Waals surface area contributed by atoms with Crippen LogP contribution in [0.25, 0.3) is 0 Å². The zero-order valence-electron chi connectivity index (χ0n) is 11.4. The molecule has 2 aliphatic rings. The third-order valence-corrected chi connectivity index (χ3v) is 4.92. The number of hydrogen-bond acceptors (Lipinski definition) is 1. The van der Waals surface area contributed by atoms with Crippen molar-refractivity contribution < 1.29 is 4.79 Å². The van der Waals surface area contributed by atoms with E-state index in [9.17, 15) is 4.79 Å². The van der Waals surface area contributed by atoms with Crippen LogP contribution in [0.2, 0.25) is 0 Å². The van der Waals surface area contributed by atoms with Gasteiger partial charge in [0.15, 0.2) is 0 Å². The number of carbonyl (C=O) groups is 1. The van der Waals surface area contributed by atoms with Crippen LogP contribution in [0.3, 0.4) is 0 Å². The standard InChI is InChI=1S/C17H21NO/c1-2-16(19)18-11-9-17(10-12-18)8-7-14-5-3-4-6-15(14)13-17/h2-6H,1,7-13H2. The molecule has 1 spiro atoms. The monoisotopic (exact) mass is 255 g/mol. The first kappa shape index (κ1) is 12.5. The van der Waals surface area contributed by atoms with E-state index in [4.69, 9.17) is 0 Å². The smallest absolute Gasteiger partial charge is 0.245 e. The molecule has 1 aliphatic carbocycles. The molecular weight excluding hydrogens is 234 g/mol. The van der Waals surface area contributed by atoms with Crippen molar-refractivity contribution in [2.24, 2.45) is 5.41 Å². The number of carbonyl (C=O) groups excluding carboxylic acids is 1. The Balaban J connectivity index is 1.71. The number of amides is 1. The Labute approximate surface area is 115 Å². The number of benzene rings is 1. The van der Waals surface area contributed by atoms with Crippen molar-refractivity contribution in [1.29, 1.82) is 0 Å². The number of hydrogen-bond donors (Lipinski definition) is 0. The molecule has 1 fully saturated rings. The highest BCUT2D eigenvalue weighted by Gasteiger charge is 2.37. The van der Waals surface area contributed by atoms with Crippen LogP contribution < -0.4 is 0 Å². The van der Waals surface area contributed by atoms with Gasteiger partial charge in [0.2, 0.25) is 5.91 Å². The van der Waals surface area contributed by atoms with Crippen LogP contribution in [0.4, 0.5) is 0 Å². The van der Waals surface area contributed by atoms with Crippen molar-refractivity contribution in [1.82, 2.24) is 4.90 Å². The van der Waals surface area contributed by atoms with Crippen molar-refractivity contribution in [3.8, 4) is 0 Å². The Hall–Kier alpha value is -1.57. The summed E-state index contributed by atoms with van der Waals surface area (Å²) in [6.45, 7) is 5.37. The second-order valence-corrected chi connectivity index (χ2v) is 5.97. The normalized spacial score (nSPS) is 20.9. The van der Waals surface area contributed by atoms with Crippen LogP contribution in [0, 0.1) is 5.41 Å². The maximum Gasteiger partial charge on any atom is 0.245 e. The molecule has 1 saturated heterocycles. The summed E-state index contributed by atoms with van der Waals surface area (Å²) in [5.74, 6) is 0.0889. The summed E-state index contributed by atoms with van der Waals surface area (Å²) in [4.78, 5) is 13.6. The Bertz CT molecular complexity index is 498. The summed E-state index contributed by atoms with van der Waals surface area (Å²) >= 11 is 0. The van der Waals surface area contributed by atoms with Gasteiger partial charge >= 0.3 is 0 Å². The fourth-order valence-corrected chi connectivity index (χ4v) is 3.62. The quantitative estimate of drug-likeness (QED) is 0.706. The topological polar surface area (TPSA) is 20.3 Å². The molecule has 0 unspecified atom stereocenters. The lowest BCUT2D eigenvalue weighted by molar-refractivity contribution is -0.128. The van der Waals surface area contributed by atoms with Crippen molar-refractivity contribution in [2.75, 3.05) is 13.1 Å². The van der Waals surface area contributed by atoms with Gasteiger partial charge in [0.25, 0.3) is 0 Å². The summed E-state index contributed by atoms with van der Waals surface area (Å²) in [5, 5.41) is 0. The summed E-state index contributed by atoms with van der Waals surface area (Å²) in [6.07, 6.45) is 7.39. The summed E-state index contributed by atoms with van der Waals surface area (Å²) in [7, 11) is 0. The molecule has 2 heteroatoms. The van der Waals surface area contributed by atoms with E-state index in [1.54, 1.807) is 0 Å². The number of likely N-dealkylation sites (tertiary alicyclic amines) is 1. The molecule has 3 rings (SSSR count). The zero-order valence-corrected chi connectivity index (χ0v) is 11.4. The van der Waals surface area contributed by atoms with Gasteiger partial charge < -0.3 is 4.90 Å². The molecule has 0 bridgehead atoms. The van der Waals surface area contributed by atoms with E-state index < -0.39 is 0 Å². The average molecular weight is 255 g/mol. The fourth-order valence-electron chi connectivity index (χ4n) is 3.62. The van der Waals surface area contributed by atoms with E-state index in [2.05, 4.69) is 30.8 Å². The van der Waals surface area contributed by atoms with E-state index in [1.807, 2.05) is 4.90 Å². The van der Waals surface area contributed by atoms with Gasteiger partial charge in [-0.25, -0.2) is 0 Å². The van der Waals surface area contributed by atoms with Gasteiger partial charge in [-0.1, -0.05) is 30.8 Å². The van der Waals surface area contributed by atoms with Crippen LogP contribution >= 0.6 is 0 Å². The molecule has 0 aromatic heterocycles. The highest BCUT2D eigenvalue weighted by Crippen LogP contribution is 2.43. The first-order valence-corrected chi connectivity index (χ1v) is 7.21. The minimum absolute atomic E-state index is 0.0889. The van der Waals surface area contributed by atoms with E-state index in [0.29, 0.717) is 5.41 Å². The molecule has 0 radical (unpaired) electrons. The second kappa shape index (κ2) is 4.84. The molecular formula is C17H21NO. The highest BCUT2D eigenvalue weighted by molar-refractivity contribution is 5.87. The third-order valence-electron chi connectivity index (χ3n) is 4.92. The minimum atomic E-state index is 0.0889. The van der Waals surface area contributed by atoms with Gasteiger partial charge in [-0.2, -0.15) is 0 Å². The van der Waals surface area contributed by atoms with Gasteiger partial charge in [-0.05, 0) is 54.7 Å². The first-order chi connectivity index (χ1) is 9.22. The maximum atomic E-state index is 11.6. The molecule has 100 valence electrons. The molecule has 1 amide bonds. The molecule has 0 N–H and O–H groups in total. The Morgan fingerprint density at radius 2 is 1.84 bits per heavy atom. The summed E-state index contributed by atoms with van der Waals surface area (Å²) < 4.78 is 0. The molecule has 0 saturated carbocycles. The second-order valence-electron chi connectivity index (χ2n) is 5.97. The number of fused-ring (bicyclic) bond motifs is 1. The fraction of sp³-hybridized carbons (Fsp3) is 0.471. The lowest BCUT2D eigenvalue weighted by atomic mass is 9.66. The van der Waals surface area contributed by atoms with Gasteiger partial charge in [-0.3, -0.25) is 4.79 Å². The highest BCUT2D eigenvalue weighted by atomic mass is 16.2. The van der Waals surface area contributed by atoms with Crippen LogP contribution in [0.5, 0.6) is 0 Å². The van der Waals surface area contributed by atoms with Crippen LogP contribution in [-0.2, 0) is 17.6 Å². The predicted molar refractivity (Wildman–Crippen MR) is 76.9 cm³/mol. The Kier molecular flexibility index (Phi) is 3.17. The van der Waals surface area contributed by atoms with Gasteiger partial charge in [-0.15, -0.1) is 0 Å². The Morgan fingerprint density at radius 3 is 2.53 bits per heavy atom. The number of piperidine rings is 1. The molecule has 19 heavy (non-hydrogen) atoms. The molecule has 1 heterocycles. The van der Waals surface area contributed by atoms with Gasteiger partial charge in [0.05, 0.1) is 0 Å². The minimum Gasteiger partial charge on any atom is -0.339 e. The van der Waals surface area contributed by atoms with Crippen LogP contribution in [0.1, 0.15) is 30.4 Å². The molecule has 1 aromatic carbocycles. The van der Waals surface area contributed by atoms with Crippen LogP contribution in [-0.4, -0.2) is 23.9 Å². The number of nitrogens with zero attached hydrogens (tertiary/aromatic N) is 1. The van der Waals surface area contributed by atoms with Crippen molar-refractivity contribution in [2.45, 2.75) is 32.1 Å². The largest absolute Gasteiger partial charge is 0.339 e. The van der Waals surface area contributed by atoms with Crippen molar-refractivity contribution >= 4 is 5.91 Å². The average Bonchev–Trinajstić information content (AvgIpc) is 2.47. The summed E-state index contributed by atoms with van der Waals surface area (Å²) in [5.41, 5.74) is 3.49. The number of rotatable bonds is 1.